The maximum absolute atomic E-state index is 3.73. The Morgan fingerprint density at radius 3 is 1.56 bits per heavy atom. The van der Waals surface area contributed by atoms with Gasteiger partial charge >= 0.3 is 0 Å². The molecule has 2 N–H and O–H groups in total. The topological polar surface area (TPSA) is 24.1 Å². The van der Waals surface area contributed by atoms with Crippen molar-refractivity contribution in [2.24, 2.45) is 0 Å². The van der Waals surface area contributed by atoms with E-state index in [1.165, 1.54) is 16.7 Å². The Hall–Kier alpha value is -2.42. The molecule has 0 saturated heterocycles. The van der Waals surface area contributed by atoms with Gasteiger partial charge in [-0.2, -0.15) is 0 Å². The van der Waals surface area contributed by atoms with E-state index in [9.17, 15) is 0 Å². The van der Waals surface area contributed by atoms with E-state index in [2.05, 4.69) is 109 Å². The number of hydrogen-bond acceptors (Lipinski definition) is 2. The SMILES string of the molecule is CC(NCc1ccccc1)C(NCc1ccccc1)c1ccccc1. The molecule has 0 bridgehead atoms. The first-order valence-electron chi connectivity index (χ1n) is 8.92. The van der Waals surface area contributed by atoms with E-state index in [1.807, 2.05) is 0 Å². The maximum Gasteiger partial charge on any atom is 0.0475 e. The van der Waals surface area contributed by atoms with Gasteiger partial charge in [0.15, 0.2) is 0 Å². The number of hydrogen-bond donors (Lipinski definition) is 2. The minimum atomic E-state index is 0.255. The van der Waals surface area contributed by atoms with Crippen LogP contribution < -0.4 is 10.6 Å². The Bertz CT molecular complexity index is 726. The first-order chi connectivity index (χ1) is 12.3. The second kappa shape index (κ2) is 9.16. The summed E-state index contributed by atoms with van der Waals surface area (Å²) in [4.78, 5) is 0. The molecule has 25 heavy (non-hydrogen) atoms. The van der Waals surface area contributed by atoms with Crippen LogP contribution in [0, 0.1) is 0 Å². The summed E-state index contributed by atoms with van der Waals surface area (Å²) in [5.74, 6) is 0. The smallest absolute Gasteiger partial charge is 0.0475 e. The van der Waals surface area contributed by atoms with Gasteiger partial charge < -0.3 is 10.6 Å². The summed E-state index contributed by atoms with van der Waals surface area (Å²) in [5.41, 5.74) is 3.93. The van der Waals surface area contributed by atoms with Gasteiger partial charge in [0.1, 0.15) is 0 Å². The fraction of sp³-hybridized carbons (Fsp3) is 0.217. The van der Waals surface area contributed by atoms with Crippen LogP contribution in [0.1, 0.15) is 29.7 Å². The van der Waals surface area contributed by atoms with Gasteiger partial charge in [-0.3, -0.25) is 0 Å². The molecule has 0 aromatic heterocycles. The molecule has 3 rings (SSSR count). The third-order valence-electron chi connectivity index (χ3n) is 4.50. The lowest BCUT2D eigenvalue weighted by Crippen LogP contribution is -2.39. The Labute approximate surface area is 150 Å². The molecule has 0 aliphatic carbocycles. The second-order valence-corrected chi connectivity index (χ2v) is 6.41. The van der Waals surface area contributed by atoms with Crippen LogP contribution in [0.15, 0.2) is 91.0 Å². The molecule has 0 aliphatic rings. The highest BCUT2D eigenvalue weighted by molar-refractivity contribution is 5.22. The van der Waals surface area contributed by atoms with E-state index in [-0.39, 0.29) is 6.04 Å². The molecule has 2 nitrogen and oxygen atoms in total. The summed E-state index contributed by atoms with van der Waals surface area (Å²) in [5, 5.41) is 7.40. The largest absolute Gasteiger partial charge is 0.308 e. The Morgan fingerprint density at radius 1 is 0.600 bits per heavy atom. The van der Waals surface area contributed by atoms with Gasteiger partial charge in [-0.05, 0) is 23.6 Å². The van der Waals surface area contributed by atoms with Crippen LogP contribution in [0.25, 0.3) is 0 Å². The maximum atomic E-state index is 3.73. The average Bonchev–Trinajstić information content (AvgIpc) is 2.69. The fourth-order valence-electron chi connectivity index (χ4n) is 3.06. The predicted molar refractivity (Wildman–Crippen MR) is 105 cm³/mol. The van der Waals surface area contributed by atoms with Gasteiger partial charge in [0, 0.05) is 25.2 Å². The molecule has 2 unspecified atom stereocenters. The third-order valence-corrected chi connectivity index (χ3v) is 4.50. The van der Waals surface area contributed by atoms with Crippen molar-refractivity contribution >= 4 is 0 Å². The van der Waals surface area contributed by atoms with E-state index in [0.29, 0.717) is 6.04 Å². The summed E-state index contributed by atoms with van der Waals surface area (Å²) in [6, 6.07) is 32.4. The zero-order chi connectivity index (χ0) is 17.3. The Kier molecular flexibility index (Phi) is 6.38. The highest BCUT2D eigenvalue weighted by atomic mass is 15.0. The minimum absolute atomic E-state index is 0.255. The highest BCUT2D eigenvalue weighted by Gasteiger charge is 2.18. The predicted octanol–water partition coefficient (Wildman–Crippen LogP) is 4.70. The van der Waals surface area contributed by atoms with Crippen molar-refractivity contribution in [1.82, 2.24) is 10.6 Å². The van der Waals surface area contributed by atoms with Crippen LogP contribution in [0.3, 0.4) is 0 Å². The zero-order valence-electron chi connectivity index (χ0n) is 14.7. The molecular weight excluding hydrogens is 304 g/mol. The Balaban J connectivity index is 1.67. The van der Waals surface area contributed by atoms with E-state index in [1.54, 1.807) is 0 Å². The van der Waals surface area contributed by atoms with Crippen LogP contribution in [0.4, 0.5) is 0 Å². The van der Waals surface area contributed by atoms with Crippen molar-refractivity contribution in [3.05, 3.63) is 108 Å². The van der Waals surface area contributed by atoms with Crippen LogP contribution in [0.2, 0.25) is 0 Å². The molecule has 0 fully saturated rings. The number of rotatable bonds is 8. The standard InChI is InChI=1S/C23H26N2/c1-19(24-17-20-11-5-2-6-12-20)23(22-15-9-4-10-16-22)25-18-21-13-7-3-8-14-21/h2-16,19,23-25H,17-18H2,1H3. The summed E-state index contributed by atoms with van der Waals surface area (Å²) in [6.45, 7) is 3.98. The molecule has 0 amide bonds. The quantitative estimate of drug-likeness (QED) is 0.626. The molecule has 0 saturated carbocycles. The third kappa shape index (κ3) is 5.28. The first kappa shape index (κ1) is 17.4. The van der Waals surface area contributed by atoms with Gasteiger partial charge in [-0.1, -0.05) is 91.0 Å². The van der Waals surface area contributed by atoms with E-state index < -0.39 is 0 Å². The molecule has 128 valence electrons. The zero-order valence-corrected chi connectivity index (χ0v) is 14.7. The van der Waals surface area contributed by atoms with Crippen molar-refractivity contribution in [1.29, 1.82) is 0 Å². The van der Waals surface area contributed by atoms with Gasteiger partial charge in [0.05, 0.1) is 0 Å². The summed E-state index contributed by atoms with van der Waals surface area (Å²) in [7, 11) is 0. The number of benzene rings is 3. The van der Waals surface area contributed by atoms with Crippen molar-refractivity contribution < 1.29 is 0 Å². The number of nitrogens with one attached hydrogen (secondary N) is 2. The molecule has 0 aliphatic heterocycles. The highest BCUT2D eigenvalue weighted by Crippen LogP contribution is 2.18. The summed E-state index contributed by atoms with van der Waals surface area (Å²) in [6.07, 6.45) is 0. The molecule has 3 aromatic rings. The van der Waals surface area contributed by atoms with Crippen molar-refractivity contribution in [3.63, 3.8) is 0 Å². The molecule has 0 heterocycles. The van der Waals surface area contributed by atoms with Crippen molar-refractivity contribution in [3.8, 4) is 0 Å². The molecular formula is C23H26N2. The molecule has 0 spiro atoms. The lowest BCUT2D eigenvalue weighted by molar-refractivity contribution is 0.394. The lowest BCUT2D eigenvalue weighted by atomic mass is 9.99. The van der Waals surface area contributed by atoms with Crippen LogP contribution in [-0.4, -0.2) is 6.04 Å². The average molecular weight is 330 g/mol. The van der Waals surface area contributed by atoms with Crippen LogP contribution >= 0.6 is 0 Å². The summed E-state index contributed by atoms with van der Waals surface area (Å²) < 4.78 is 0. The van der Waals surface area contributed by atoms with Gasteiger partial charge in [-0.25, -0.2) is 0 Å². The molecule has 0 radical (unpaired) electrons. The van der Waals surface area contributed by atoms with Crippen LogP contribution in [-0.2, 0) is 13.1 Å². The van der Waals surface area contributed by atoms with Gasteiger partial charge in [0.25, 0.3) is 0 Å². The second-order valence-electron chi connectivity index (χ2n) is 6.41. The van der Waals surface area contributed by atoms with Gasteiger partial charge in [0.2, 0.25) is 0 Å². The molecule has 2 atom stereocenters. The van der Waals surface area contributed by atoms with Crippen molar-refractivity contribution in [2.75, 3.05) is 0 Å². The molecule has 3 aromatic carbocycles. The van der Waals surface area contributed by atoms with E-state index in [4.69, 9.17) is 0 Å². The Morgan fingerprint density at radius 2 is 1.04 bits per heavy atom. The van der Waals surface area contributed by atoms with E-state index >= 15 is 0 Å². The van der Waals surface area contributed by atoms with Gasteiger partial charge in [-0.15, -0.1) is 0 Å². The van der Waals surface area contributed by atoms with E-state index in [0.717, 1.165) is 13.1 Å². The van der Waals surface area contributed by atoms with Crippen molar-refractivity contribution in [2.45, 2.75) is 32.1 Å². The minimum Gasteiger partial charge on any atom is -0.308 e. The lowest BCUT2D eigenvalue weighted by Gasteiger charge is -2.27. The molecule has 2 heteroatoms. The first-order valence-corrected chi connectivity index (χ1v) is 8.92. The summed E-state index contributed by atoms with van der Waals surface area (Å²) >= 11 is 0. The fourth-order valence-corrected chi connectivity index (χ4v) is 3.06. The monoisotopic (exact) mass is 330 g/mol. The normalized spacial score (nSPS) is 13.3. The van der Waals surface area contributed by atoms with Crippen LogP contribution in [0.5, 0.6) is 0 Å².